The van der Waals surface area contributed by atoms with Crippen molar-refractivity contribution >= 4 is 5.91 Å². The maximum absolute atomic E-state index is 12.0. The van der Waals surface area contributed by atoms with Gasteiger partial charge in [-0.2, -0.15) is 0 Å². The van der Waals surface area contributed by atoms with Crippen LogP contribution in [0.5, 0.6) is 0 Å². The molecule has 2 N–H and O–H groups in total. The van der Waals surface area contributed by atoms with E-state index in [4.69, 9.17) is 5.73 Å². The Labute approximate surface area is 97.8 Å². The number of likely N-dealkylation sites (tertiary alicyclic amines) is 2. The molecule has 2 unspecified atom stereocenters. The number of rotatable bonds is 2. The van der Waals surface area contributed by atoms with Crippen LogP contribution >= 0.6 is 0 Å². The monoisotopic (exact) mass is 225 g/mol. The molecule has 2 fully saturated rings. The number of piperidine rings is 1. The van der Waals surface area contributed by atoms with Crippen LogP contribution in [0.25, 0.3) is 0 Å². The van der Waals surface area contributed by atoms with E-state index < -0.39 is 0 Å². The van der Waals surface area contributed by atoms with E-state index in [1.807, 2.05) is 4.90 Å². The molecule has 2 aliphatic heterocycles. The normalized spacial score (nSPS) is 32.0. The van der Waals surface area contributed by atoms with Gasteiger partial charge in [0.1, 0.15) is 0 Å². The molecule has 0 bridgehead atoms. The van der Waals surface area contributed by atoms with Crippen molar-refractivity contribution in [3.8, 4) is 0 Å². The van der Waals surface area contributed by atoms with Gasteiger partial charge in [0.15, 0.2) is 0 Å². The lowest BCUT2D eigenvalue weighted by molar-refractivity contribution is -0.133. The van der Waals surface area contributed by atoms with Gasteiger partial charge in [0.05, 0.1) is 6.54 Å². The third kappa shape index (κ3) is 2.74. The Morgan fingerprint density at radius 1 is 1.25 bits per heavy atom. The molecule has 0 saturated carbocycles. The zero-order valence-electron chi connectivity index (χ0n) is 10.2. The highest BCUT2D eigenvalue weighted by atomic mass is 16.2. The summed E-state index contributed by atoms with van der Waals surface area (Å²) < 4.78 is 0. The second-order valence-electron chi connectivity index (χ2n) is 5.28. The van der Waals surface area contributed by atoms with E-state index in [0.717, 1.165) is 26.2 Å². The van der Waals surface area contributed by atoms with Crippen LogP contribution in [0, 0.1) is 5.92 Å². The van der Waals surface area contributed by atoms with Crippen molar-refractivity contribution in [1.82, 2.24) is 9.80 Å². The number of nitrogens with two attached hydrogens (primary N) is 1. The zero-order chi connectivity index (χ0) is 11.5. The summed E-state index contributed by atoms with van der Waals surface area (Å²) in [5.74, 6) is 0.815. The third-order valence-corrected chi connectivity index (χ3v) is 3.81. The van der Waals surface area contributed by atoms with Crippen LogP contribution in [-0.4, -0.2) is 54.5 Å². The summed E-state index contributed by atoms with van der Waals surface area (Å²) in [5.41, 5.74) is 5.96. The van der Waals surface area contributed by atoms with Crippen LogP contribution in [0.4, 0.5) is 0 Å². The zero-order valence-corrected chi connectivity index (χ0v) is 10.2. The Hall–Kier alpha value is -0.610. The summed E-state index contributed by atoms with van der Waals surface area (Å²) in [6.45, 7) is 6.48. The molecule has 16 heavy (non-hydrogen) atoms. The molecule has 2 atom stereocenters. The fraction of sp³-hybridized carbons (Fsp3) is 0.917. The molecular formula is C12H23N3O. The maximum Gasteiger partial charge on any atom is 0.236 e. The van der Waals surface area contributed by atoms with E-state index in [2.05, 4.69) is 11.8 Å². The molecule has 0 radical (unpaired) electrons. The Morgan fingerprint density at radius 3 is 2.50 bits per heavy atom. The van der Waals surface area contributed by atoms with Crippen LogP contribution in [0.1, 0.15) is 26.2 Å². The molecule has 0 spiro atoms. The van der Waals surface area contributed by atoms with Crippen molar-refractivity contribution < 1.29 is 4.79 Å². The number of carbonyl (C=O) groups excluding carboxylic acids is 1. The van der Waals surface area contributed by atoms with E-state index >= 15 is 0 Å². The molecule has 2 rings (SSSR count). The van der Waals surface area contributed by atoms with Crippen LogP contribution in [0.2, 0.25) is 0 Å². The maximum atomic E-state index is 12.0. The molecule has 1 amide bonds. The van der Waals surface area contributed by atoms with E-state index in [1.54, 1.807) is 0 Å². The molecule has 92 valence electrons. The van der Waals surface area contributed by atoms with Crippen molar-refractivity contribution in [1.29, 1.82) is 0 Å². The van der Waals surface area contributed by atoms with Crippen molar-refractivity contribution in [3.05, 3.63) is 0 Å². The predicted molar refractivity (Wildman–Crippen MR) is 64.0 cm³/mol. The third-order valence-electron chi connectivity index (χ3n) is 3.81. The summed E-state index contributed by atoms with van der Waals surface area (Å²) in [7, 11) is 0. The highest BCUT2D eigenvalue weighted by Crippen LogP contribution is 2.15. The molecule has 4 heteroatoms. The summed E-state index contributed by atoms with van der Waals surface area (Å²) >= 11 is 0. The van der Waals surface area contributed by atoms with Gasteiger partial charge in [0.2, 0.25) is 5.91 Å². The van der Waals surface area contributed by atoms with Crippen LogP contribution in [-0.2, 0) is 4.79 Å². The Balaban J connectivity index is 1.78. The predicted octanol–water partition coefficient (Wildman–Crippen LogP) is 0.278. The van der Waals surface area contributed by atoms with E-state index in [9.17, 15) is 4.79 Å². The molecule has 2 aliphatic rings. The fourth-order valence-electron chi connectivity index (χ4n) is 2.66. The van der Waals surface area contributed by atoms with E-state index in [0.29, 0.717) is 18.4 Å². The minimum absolute atomic E-state index is 0.245. The van der Waals surface area contributed by atoms with Crippen molar-refractivity contribution in [2.75, 3.05) is 32.7 Å². The summed E-state index contributed by atoms with van der Waals surface area (Å²) in [4.78, 5) is 16.2. The first-order valence-corrected chi connectivity index (χ1v) is 6.42. The van der Waals surface area contributed by atoms with Gasteiger partial charge in [-0.05, 0) is 25.2 Å². The molecule has 4 nitrogen and oxygen atoms in total. The molecule has 2 heterocycles. The number of hydrogen-bond acceptors (Lipinski definition) is 3. The minimum atomic E-state index is 0.245. The molecule has 0 aliphatic carbocycles. The average Bonchev–Trinajstić information content (AvgIpc) is 2.59. The summed E-state index contributed by atoms with van der Waals surface area (Å²) in [6.07, 6.45) is 3.61. The largest absolute Gasteiger partial charge is 0.342 e. The molecule has 0 aromatic carbocycles. The lowest BCUT2D eigenvalue weighted by Gasteiger charge is -2.28. The quantitative estimate of drug-likeness (QED) is 0.734. The smallest absolute Gasteiger partial charge is 0.236 e. The van der Waals surface area contributed by atoms with Crippen LogP contribution in [0.3, 0.4) is 0 Å². The first-order chi connectivity index (χ1) is 7.66. The number of hydrogen-bond donors (Lipinski definition) is 1. The Bertz CT molecular complexity index is 241. The lowest BCUT2D eigenvalue weighted by atomic mass is 10.1. The first-order valence-electron chi connectivity index (χ1n) is 6.42. The van der Waals surface area contributed by atoms with Gasteiger partial charge >= 0.3 is 0 Å². The highest BCUT2D eigenvalue weighted by molar-refractivity contribution is 5.78. The number of amides is 1. The topological polar surface area (TPSA) is 49.6 Å². The van der Waals surface area contributed by atoms with Crippen LogP contribution in [0.15, 0.2) is 0 Å². The van der Waals surface area contributed by atoms with Gasteiger partial charge in [-0.25, -0.2) is 0 Å². The Kier molecular flexibility index (Phi) is 3.82. The number of carbonyl (C=O) groups is 1. The molecule has 0 aromatic heterocycles. The van der Waals surface area contributed by atoms with Crippen molar-refractivity contribution in [2.24, 2.45) is 11.7 Å². The standard InChI is InChI=1S/C12H23N3O/c1-10-7-14(8-11(10)13)9-12(16)15-5-3-2-4-6-15/h10-11H,2-9,13H2,1H3. The average molecular weight is 225 g/mol. The summed E-state index contributed by atoms with van der Waals surface area (Å²) in [5, 5.41) is 0. The van der Waals surface area contributed by atoms with Gasteiger partial charge in [0.25, 0.3) is 0 Å². The number of nitrogens with zero attached hydrogens (tertiary/aromatic N) is 2. The van der Waals surface area contributed by atoms with Gasteiger partial charge < -0.3 is 10.6 Å². The van der Waals surface area contributed by atoms with E-state index in [1.165, 1.54) is 19.3 Å². The molecule has 2 saturated heterocycles. The van der Waals surface area contributed by atoms with Crippen molar-refractivity contribution in [3.63, 3.8) is 0 Å². The highest BCUT2D eigenvalue weighted by Gasteiger charge is 2.29. The second-order valence-corrected chi connectivity index (χ2v) is 5.28. The fourth-order valence-corrected chi connectivity index (χ4v) is 2.66. The van der Waals surface area contributed by atoms with Crippen LogP contribution < -0.4 is 5.73 Å². The van der Waals surface area contributed by atoms with Gasteiger partial charge in [-0.15, -0.1) is 0 Å². The first kappa shape index (κ1) is 11.9. The minimum Gasteiger partial charge on any atom is -0.342 e. The van der Waals surface area contributed by atoms with Gasteiger partial charge in [0, 0.05) is 32.2 Å². The molecular weight excluding hydrogens is 202 g/mol. The molecule has 0 aromatic rings. The van der Waals surface area contributed by atoms with Gasteiger partial charge in [-0.1, -0.05) is 6.92 Å². The van der Waals surface area contributed by atoms with Gasteiger partial charge in [-0.3, -0.25) is 9.69 Å². The Morgan fingerprint density at radius 2 is 1.94 bits per heavy atom. The lowest BCUT2D eigenvalue weighted by Crippen LogP contribution is -2.42. The second kappa shape index (κ2) is 5.15. The van der Waals surface area contributed by atoms with E-state index in [-0.39, 0.29) is 6.04 Å². The SMILES string of the molecule is CC1CN(CC(=O)N2CCCCC2)CC1N. The van der Waals surface area contributed by atoms with Crippen molar-refractivity contribution in [2.45, 2.75) is 32.2 Å². The summed E-state index contributed by atoms with van der Waals surface area (Å²) in [6, 6.07) is 0.245.